The number of thioether (sulfide) groups is 1. The quantitative estimate of drug-likeness (QED) is 0.636. The van der Waals surface area contributed by atoms with Gasteiger partial charge in [-0.15, -0.1) is 11.8 Å². The number of benzene rings is 1. The molecule has 2 atom stereocenters. The van der Waals surface area contributed by atoms with Crippen molar-refractivity contribution in [3.05, 3.63) is 47.2 Å². The van der Waals surface area contributed by atoms with Crippen molar-refractivity contribution in [1.29, 1.82) is 0 Å². The Morgan fingerprint density at radius 1 is 1.32 bits per heavy atom. The van der Waals surface area contributed by atoms with Crippen LogP contribution in [0.2, 0.25) is 0 Å². The van der Waals surface area contributed by atoms with Crippen molar-refractivity contribution < 1.29 is 19.1 Å². The summed E-state index contributed by atoms with van der Waals surface area (Å²) in [6, 6.07) is 8.77. The van der Waals surface area contributed by atoms with Crippen molar-refractivity contribution >= 4 is 29.5 Å². The molecule has 132 valence electrons. The number of hydrogen-bond acceptors (Lipinski definition) is 5. The van der Waals surface area contributed by atoms with Crippen LogP contribution in [-0.2, 0) is 25.5 Å². The molecule has 2 aliphatic rings. The van der Waals surface area contributed by atoms with Gasteiger partial charge in [0, 0.05) is 5.75 Å². The Labute approximate surface area is 150 Å². The standard InChI is InChI=1S/C18H20N2O4S/c1-3-12-10-25-17-14(16(22)20(17)15(12)18(23)24-2)19-13(21)9-11-7-5-4-6-8-11/h4-8,14,17H,3,9-10H2,1-2H3,(H,19,21). The molecule has 1 aromatic carbocycles. The van der Waals surface area contributed by atoms with E-state index in [1.54, 1.807) is 11.8 Å². The smallest absolute Gasteiger partial charge is 0.354 e. The summed E-state index contributed by atoms with van der Waals surface area (Å²) in [5.41, 5.74) is 2.13. The summed E-state index contributed by atoms with van der Waals surface area (Å²) >= 11 is 1.56. The van der Waals surface area contributed by atoms with Gasteiger partial charge in [-0.1, -0.05) is 37.3 Å². The summed E-state index contributed by atoms with van der Waals surface area (Å²) in [5, 5.41) is 2.55. The molecule has 3 rings (SSSR count). The second kappa shape index (κ2) is 7.31. The number of nitrogens with zero attached hydrogens (tertiary/aromatic N) is 1. The topological polar surface area (TPSA) is 75.7 Å². The third-order valence-corrected chi connectivity index (χ3v) is 5.72. The largest absolute Gasteiger partial charge is 0.464 e. The number of nitrogens with one attached hydrogen (secondary N) is 1. The van der Waals surface area contributed by atoms with Crippen LogP contribution in [0, 0.1) is 0 Å². The maximum absolute atomic E-state index is 12.5. The lowest BCUT2D eigenvalue weighted by atomic mass is 10.0. The number of esters is 1. The van der Waals surface area contributed by atoms with Crippen LogP contribution >= 0.6 is 11.8 Å². The number of fused-ring (bicyclic) bond motifs is 1. The minimum Gasteiger partial charge on any atom is -0.464 e. The highest BCUT2D eigenvalue weighted by molar-refractivity contribution is 8.00. The van der Waals surface area contributed by atoms with Crippen molar-refractivity contribution in [3.8, 4) is 0 Å². The molecule has 2 heterocycles. The molecule has 1 saturated heterocycles. The molecule has 1 N–H and O–H groups in total. The highest BCUT2D eigenvalue weighted by Crippen LogP contribution is 2.41. The van der Waals surface area contributed by atoms with Gasteiger partial charge in [0.15, 0.2) is 0 Å². The maximum atomic E-state index is 12.5. The molecule has 2 amide bonds. The summed E-state index contributed by atoms with van der Waals surface area (Å²) in [7, 11) is 1.31. The van der Waals surface area contributed by atoms with Crippen LogP contribution in [0.25, 0.3) is 0 Å². The minimum atomic E-state index is -0.598. The van der Waals surface area contributed by atoms with Gasteiger partial charge in [-0.2, -0.15) is 0 Å². The maximum Gasteiger partial charge on any atom is 0.354 e. The predicted molar refractivity (Wildman–Crippen MR) is 94.5 cm³/mol. The third-order valence-electron chi connectivity index (χ3n) is 4.38. The number of methoxy groups -OCH3 is 1. The monoisotopic (exact) mass is 360 g/mol. The first-order valence-electron chi connectivity index (χ1n) is 8.15. The summed E-state index contributed by atoms with van der Waals surface area (Å²) < 4.78 is 4.83. The van der Waals surface area contributed by atoms with Gasteiger partial charge < -0.3 is 10.1 Å². The molecule has 0 spiro atoms. The zero-order chi connectivity index (χ0) is 18.0. The van der Waals surface area contributed by atoms with E-state index >= 15 is 0 Å². The Bertz CT molecular complexity index is 732. The van der Waals surface area contributed by atoms with Crippen LogP contribution in [0.5, 0.6) is 0 Å². The van der Waals surface area contributed by atoms with E-state index in [9.17, 15) is 14.4 Å². The number of ether oxygens (including phenoxy) is 1. The molecule has 25 heavy (non-hydrogen) atoms. The molecule has 0 radical (unpaired) electrons. The van der Waals surface area contributed by atoms with Crippen LogP contribution in [0.4, 0.5) is 0 Å². The van der Waals surface area contributed by atoms with E-state index in [1.807, 2.05) is 37.3 Å². The van der Waals surface area contributed by atoms with Gasteiger partial charge >= 0.3 is 5.97 Å². The Balaban J connectivity index is 1.70. The molecule has 2 unspecified atom stereocenters. The van der Waals surface area contributed by atoms with Crippen molar-refractivity contribution in [2.75, 3.05) is 12.9 Å². The van der Waals surface area contributed by atoms with Crippen LogP contribution in [0.1, 0.15) is 18.9 Å². The number of carbonyl (C=O) groups is 3. The molecule has 2 aliphatic heterocycles. The van der Waals surface area contributed by atoms with E-state index in [0.717, 1.165) is 11.1 Å². The highest BCUT2D eigenvalue weighted by Gasteiger charge is 2.54. The van der Waals surface area contributed by atoms with Crippen LogP contribution in [0.15, 0.2) is 41.6 Å². The first kappa shape index (κ1) is 17.5. The van der Waals surface area contributed by atoms with Crippen LogP contribution < -0.4 is 5.32 Å². The van der Waals surface area contributed by atoms with Crippen molar-refractivity contribution in [1.82, 2.24) is 10.2 Å². The fourth-order valence-corrected chi connectivity index (χ4v) is 4.49. The Morgan fingerprint density at radius 2 is 2.04 bits per heavy atom. The number of carbonyl (C=O) groups excluding carboxylic acids is 3. The van der Waals surface area contributed by atoms with E-state index in [-0.39, 0.29) is 23.6 Å². The summed E-state index contributed by atoms with van der Waals surface area (Å²) in [5.74, 6) is -0.301. The number of hydrogen-bond donors (Lipinski definition) is 1. The van der Waals surface area contributed by atoms with E-state index in [4.69, 9.17) is 4.74 Å². The van der Waals surface area contributed by atoms with Crippen molar-refractivity contribution in [3.63, 3.8) is 0 Å². The fourth-order valence-electron chi connectivity index (χ4n) is 3.04. The third kappa shape index (κ3) is 3.28. The van der Waals surface area contributed by atoms with Crippen LogP contribution in [-0.4, -0.2) is 47.0 Å². The van der Waals surface area contributed by atoms with Gasteiger partial charge in [0.05, 0.1) is 13.5 Å². The molecular formula is C18H20N2O4S. The lowest BCUT2D eigenvalue weighted by Gasteiger charge is -2.49. The number of β-lactam (4-membered cyclic amide) rings is 1. The molecular weight excluding hydrogens is 340 g/mol. The van der Waals surface area contributed by atoms with Gasteiger partial charge in [-0.25, -0.2) is 4.79 Å². The molecule has 6 nitrogen and oxygen atoms in total. The summed E-state index contributed by atoms with van der Waals surface area (Å²) in [4.78, 5) is 38.3. The van der Waals surface area contributed by atoms with Gasteiger partial charge in [0.1, 0.15) is 17.1 Å². The van der Waals surface area contributed by atoms with Crippen molar-refractivity contribution in [2.24, 2.45) is 0 Å². The SMILES string of the molecule is CCC1=C(C(=O)OC)N2C(=O)C(NC(=O)Cc3ccccc3)C2SC1. The zero-order valence-electron chi connectivity index (χ0n) is 14.2. The Morgan fingerprint density at radius 3 is 2.68 bits per heavy atom. The first-order chi connectivity index (χ1) is 12.1. The Hall–Kier alpha value is -2.28. The average Bonchev–Trinajstić information content (AvgIpc) is 2.64. The van der Waals surface area contributed by atoms with Gasteiger partial charge in [-0.05, 0) is 17.6 Å². The van der Waals surface area contributed by atoms with Gasteiger partial charge in [0.2, 0.25) is 5.91 Å². The Kier molecular flexibility index (Phi) is 5.13. The number of rotatable bonds is 5. The predicted octanol–water partition coefficient (Wildman–Crippen LogP) is 1.47. The molecule has 7 heteroatoms. The van der Waals surface area contributed by atoms with Gasteiger partial charge in [-0.3, -0.25) is 14.5 Å². The molecule has 0 aliphatic carbocycles. The van der Waals surface area contributed by atoms with E-state index < -0.39 is 12.0 Å². The highest BCUT2D eigenvalue weighted by atomic mass is 32.2. The fraction of sp³-hybridized carbons (Fsp3) is 0.389. The minimum absolute atomic E-state index is 0.199. The molecule has 1 fully saturated rings. The average molecular weight is 360 g/mol. The second-order valence-corrected chi connectivity index (χ2v) is 7.02. The van der Waals surface area contributed by atoms with Gasteiger partial charge in [0.25, 0.3) is 5.91 Å². The van der Waals surface area contributed by atoms with Crippen molar-refractivity contribution in [2.45, 2.75) is 31.2 Å². The molecule has 1 aromatic rings. The number of amides is 2. The second-order valence-electron chi connectivity index (χ2n) is 5.91. The normalized spacial score (nSPS) is 22.2. The van der Waals surface area contributed by atoms with E-state index in [1.165, 1.54) is 12.0 Å². The first-order valence-corrected chi connectivity index (χ1v) is 9.20. The lowest BCUT2D eigenvalue weighted by Crippen LogP contribution is -2.70. The van der Waals surface area contributed by atoms with E-state index in [2.05, 4.69) is 5.32 Å². The lowest BCUT2D eigenvalue weighted by molar-refractivity contribution is -0.151. The van der Waals surface area contributed by atoms with Crippen LogP contribution in [0.3, 0.4) is 0 Å². The molecule has 0 saturated carbocycles. The molecule has 0 aromatic heterocycles. The van der Waals surface area contributed by atoms with E-state index in [0.29, 0.717) is 17.9 Å². The summed E-state index contributed by atoms with van der Waals surface area (Å²) in [6.07, 6.45) is 0.904. The molecule has 0 bridgehead atoms. The summed E-state index contributed by atoms with van der Waals surface area (Å²) in [6.45, 7) is 1.95. The zero-order valence-corrected chi connectivity index (χ0v) is 15.0.